The maximum absolute atomic E-state index is 16.1. The predicted octanol–water partition coefficient (Wildman–Crippen LogP) is 7.79. The Hall–Kier alpha value is -4.91. The summed E-state index contributed by atoms with van der Waals surface area (Å²) in [6.07, 6.45) is -1.03. The van der Waals surface area contributed by atoms with Gasteiger partial charge in [0, 0.05) is 68.8 Å². The average Bonchev–Trinajstić information content (AvgIpc) is 3.74. The minimum atomic E-state index is -1.39. The topological polar surface area (TPSA) is 120 Å². The molecule has 0 spiro atoms. The van der Waals surface area contributed by atoms with Crippen LogP contribution >= 0.6 is 23.2 Å². The third kappa shape index (κ3) is 8.98. The lowest BCUT2D eigenvalue weighted by Gasteiger charge is -2.34. The van der Waals surface area contributed by atoms with Gasteiger partial charge in [-0.3, -0.25) is 9.69 Å². The fourth-order valence-electron chi connectivity index (χ4n) is 7.33. The Balaban J connectivity index is 1.11. The summed E-state index contributed by atoms with van der Waals surface area (Å²) < 4.78 is 47.9. The highest BCUT2D eigenvalue weighted by Crippen LogP contribution is 2.46. The smallest absolute Gasteiger partial charge is 0.220 e. The molecule has 2 heterocycles. The van der Waals surface area contributed by atoms with Gasteiger partial charge in [0.05, 0.1) is 39.9 Å². The van der Waals surface area contributed by atoms with Crippen molar-refractivity contribution >= 4 is 29.1 Å². The van der Waals surface area contributed by atoms with E-state index in [1.54, 1.807) is 30.3 Å². The summed E-state index contributed by atoms with van der Waals surface area (Å²) in [5.74, 6) is 1.20. The van der Waals surface area contributed by atoms with Gasteiger partial charge in [-0.25, -0.2) is 8.78 Å². The minimum absolute atomic E-state index is 0.0135. The number of nitriles is 2. The lowest BCUT2D eigenvalue weighted by Crippen LogP contribution is -2.48. The Morgan fingerprint density at radius 2 is 1.69 bits per heavy atom. The normalized spacial score (nSPS) is 19.2. The zero-order chi connectivity index (χ0) is 38.5. The van der Waals surface area contributed by atoms with Crippen LogP contribution in [-0.4, -0.2) is 62.0 Å². The molecule has 55 heavy (non-hydrogen) atoms. The van der Waals surface area contributed by atoms with Crippen molar-refractivity contribution in [2.24, 2.45) is 0 Å². The molecule has 2 N–H and O–H groups in total. The van der Waals surface area contributed by atoms with E-state index in [-0.39, 0.29) is 35.7 Å². The summed E-state index contributed by atoms with van der Waals surface area (Å²) in [5, 5.41) is 25.9. The van der Waals surface area contributed by atoms with Gasteiger partial charge in [-0.2, -0.15) is 10.5 Å². The first-order valence-electron chi connectivity index (χ1n) is 18.3. The van der Waals surface area contributed by atoms with Crippen LogP contribution in [0.25, 0.3) is 11.1 Å². The largest absolute Gasteiger partial charge is 0.492 e. The zero-order valence-electron chi connectivity index (χ0n) is 29.9. The molecule has 0 unspecified atom stereocenters. The molecule has 3 aliphatic rings. The van der Waals surface area contributed by atoms with E-state index in [1.165, 1.54) is 6.07 Å². The van der Waals surface area contributed by atoms with Gasteiger partial charge in [0.2, 0.25) is 5.91 Å². The third-order valence-electron chi connectivity index (χ3n) is 10.1. The molecular weight excluding hydrogens is 747 g/mol. The Morgan fingerprint density at radius 3 is 2.42 bits per heavy atom. The average molecular weight is 787 g/mol. The molecule has 4 aromatic carbocycles. The van der Waals surface area contributed by atoms with Gasteiger partial charge in [-0.1, -0.05) is 53.5 Å². The summed E-state index contributed by atoms with van der Waals surface area (Å²) in [5.41, 5.74) is 4.94. The van der Waals surface area contributed by atoms with E-state index < -0.39 is 18.4 Å². The number of carbonyl (C=O) groups is 1. The van der Waals surface area contributed by atoms with Crippen molar-refractivity contribution in [3.05, 3.63) is 110 Å². The molecule has 2 fully saturated rings. The van der Waals surface area contributed by atoms with Crippen molar-refractivity contribution in [3.63, 3.8) is 0 Å². The van der Waals surface area contributed by atoms with Crippen molar-refractivity contribution in [1.82, 2.24) is 15.5 Å². The van der Waals surface area contributed by atoms with Crippen LogP contribution in [0.15, 0.2) is 66.7 Å². The van der Waals surface area contributed by atoms with Gasteiger partial charge < -0.3 is 24.8 Å². The first-order chi connectivity index (χ1) is 26.7. The second-order valence-electron chi connectivity index (χ2n) is 14.1. The first kappa shape index (κ1) is 38.4. The van der Waals surface area contributed by atoms with Crippen LogP contribution in [0, 0.1) is 22.7 Å². The number of benzene rings is 4. The van der Waals surface area contributed by atoms with Crippen molar-refractivity contribution in [2.75, 3.05) is 32.8 Å². The number of hydrogen-bond acceptors (Lipinski definition) is 8. The van der Waals surface area contributed by atoms with Gasteiger partial charge in [0.15, 0.2) is 6.10 Å². The van der Waals surface area contributed by atoms with Gasteiger partial charge in [0.1, 0.15) is 36.2 Å². The molecule has 0 aromatic heterocycles. The molecule has 0 saturated carbocycles. The van der Waals surface area contributed by atoms with E-state index in [0.717, 1.165) is 36.1 Å². The third-order valence-corrected chi connectivity index (χ3v) is 10.8. The molecule has 1 amide bonds. The Labute approximate surface area is 328 Å². The minimum Gasteiger partial charge on any atom is -0.492 e. The summed E-state index contributed by atoms with van der Waals surface area (Å²) >= 11 is 13.7. The van der Waals surface area contributed by atoms with Crippen LogP contribution in [0.4, 0.5) is 8.78 Å². The van der Waals surface area contributed by atoms with Gasteiger partial charge in [0.25, 0.3) is 0 Å². The molecule has 4 aromatic rings. The SMILES string of the molecule is N#Cc1cc(C#N)cc(COc2cc(O[C@@H]3c4cccc(-c5cccc(OCCCN6CC(F)C6)c5Cl)c4C[C@H]3F)c(Cl)cc2CNC[C@H]2CCC(=O)N2)c1. The molecule has 1 aliphatic carbocycles. The van der Waals surface area contributed by atoms with E-state index in [0.29, 0.717) is 83.5 Å². The number of fused-ring (bicyclic) bond motifs is 1. The molecular formula is C42H39Cl2F2N5O4. The molecule has 284 valence electrons. The first-order valence-corrected chi connectivity index (χ1v) is 19.0. The zero-order valence-corrected chi connectivity index (χ0v) is 31.4. The summed E-state index contributed by atoms with van der Waals surface area (Å²) in [6, 6.07) is 23.5. The molecule has 7 rings (SSSR count). The summed E-state index contributed by atoms with van der Waals surface area (Å²) in [7, 11) is 0. The second-order valence-corrected chi connectivity index (χ2v) is 14.8. The summed E-state index contributed by atoms with van der Waals surface area (Å²) in [4.78, 5) is 13.7. The number of hydrogen-bond donors (Lipinski definition) is 2. The number of rotatable bonds is 15. The van der Waals surface area contributed by atoms with Gasteiger partial charge >= 0.3 is 0 Å². The van der Waals surface area contributed by atoms with Crippen LogP contribution in [0.2, 0.25) is 10.0 Å². The van der Waals surface area contributed by atoms with E-state index >= 15 is 4.39 Å². The number of nitrogens with one attached hydrogen (secondary N) is 2. The molecule has 2 aliphatic heterocycles. The molecule has 13 heteroatoms. The number of halogens is 4. The molecule has 3 atom stereocenters. The molecule has 0 radical (unpaired) electrons. The van der Waals surface area contributed by atoms with Crippen LogP contribution in [0.5, 0.6) is 17.2 Å². The highest BCUT2D eigenvalue weighted by atomic mass is 35.5. The quantitative estimate of drug-likeness (QED) is 0.117. The van der Waals surface area contributed by atoms with E-state index in [2.05, 4.69) is 22.8 Å². The summed E-state index contributed by atoms with van der Waals surface area (Å²) in [6.45, 7) is 3.05. The van der Waals surface area contributed by atoms with Crippen molar-refractivity contribution < 1.29 is 27.8 Å². The predicted molar refractivity (Wildman–Crippen MR) is 205 cm³/mol. The number of alkyl halides is 2. The van der Waals surface area contributed by atoms with Gasteiger partial charge in [-0.15, -0.1) is 0 Å². The molecule has 0 bridgehead atoms. The highest BCUT2D eigenvalue weighted by Gasteiger charge is 2.37. The van der Waals surface area contributed by atoms with Crippen LogP contribution in [-0.2, 0) is 24.4 Å². The van der Waals surface area contributed by atoms with Crippen molar-refractivity contribution in [2.45, 2.75) is 63.3 Å². The fourth-order valence-corrected chi connectivity index (χ4v) is 7.84. The fraction of sp³-hybridized carbons (Fsp3) is 0.357. The monoisotopic (exact) mass is 785 g/mol. The number of carbonyl (C=O) groups excluding carboxylic acids is 1. The lowest BCUT2D eigenvalue weighted by atomic mass is 9.96. The molecule has 2 saturated heterocycles. The number of ether oxygens (including phenoxy) is 3. The van der Waals surface area contributed by atoms with Crippen molar-refractivity contribution in [3.8, 4) is 40.5 Å². The molecule has 9 nitrogen and oxygen atoms in total. The Kier molecular flexibility index (Phi) is 12.0. The Morgan fingerprint density at radius 1 is 0.927 bits per heavy atom. The lowest BCUT2D eigenvalue weighted by molar-refractivity contribution is -0.119. The van der Waals surface area contributed by atoms with E-state index in [4.69, 9.17) is 37.4 Å². The number of amides is 1. The highest BCUT2D eigenvalue weighted by molar-refractivity contribution is 6.35. The maximum atomic E-state index is 16.1. The number of nitrogens with zero attached hydrogens (tertiary/aromatic N) is 3. The maximum Gasteiger partial charge on any atom is 0.220 e. The van der Waals surface area contributed by atoms with E-state index in [1.807, 2.05) is 35.2 Å². The Bertz CT molecular complexity index is 2120. The van der Waals surface area contributed by atoms with Crippen LogP contribution < -0.4 is 24.8 Å². The van der Waals surface area contributed by atoms with E-state index in [9.17, 15) is 19.7 Å². The van der Waals surface area contributed by atoms with Crippen molar-refractivity contribution in [1.29, 1.82) is 10.5 Å². The standard InChI is InChI=1S/C42H39Cl2F2N5O4/c43-35-15-28(20-49-21-30-8-9-40(52)50-30)38(54-24-27-13-25(18-47)12-26(14-27)19-48)17-39(35)55-42-33-6-1-4-31(34(33)16-36(42)46)32-5-2-7-37(41(32)44)53-11-3-10-51-22-29(45)23-51/h1-2,4-7,12-15,17,29-30,36,42,49H,3,8-11,16,20-24H2,(H,50,52)/t30-,36-,42-/m1/s1. The van der Waals surface area contributed by atoms with Gasteiger partial charge in [-0.05, 0) is 65.4 Å². The van der Waals surface area contributed by atoms with Crippen LogP contribution in [0.3, 0.4) is 0 Å². The second kappa shape index (κ2) is 17.3. The number of likely N-dealkylation sites (tertiary alicyclic amines) is 1. The van der Waals surface area contributed by atoms with Crippen LogP contribution in [0.1, 0.15) is 58.7 Å².